The van der Waals surface area contributed by atoms with Gasteiger partial charge in [-0.3, -0.25) is 9.59 Å². The number of nitrogens with one attached hydrogen (secondary N) is 1. The van der Waals surface area contributed by atoms with E-state index in [2.05, 4.69) is 5.32 Å². The normalized spacial score (nSPS) is 13.6. The SMILES string of the molecule is COc1ccc(C2=C(Nc3cc(C)ccc3OC)C(=O)N(c3ccc(C)cc3)C2=O)cc1. The fourth-order valence-corrected chi connectivity index (χ4v) is 3.65. The van der Waals surface area contributed by atoms with Crippen LogP contribution in [0.4, 0.5) is 11.4 Å². The van der Waals surface area contributed by atoms with E-state index >= 15 is 0 Å². The first-order valence-electron chi connectivity index (χ1n) is 10.2. The van der Waals surface area contributed by atoms with E-state index in [4.69, 9.17) is 9.47 Å². The van der Waals surface area contributed by atoms with Crippen molar-refractivity contribution in [2.75, 3.05) is 24.4 Å². The first-order chi connectivity index (χ1) is 15.4. The smallest absolute Gasteiger partial charge is 0.282 e. The monoisotopic (exact) mass is 428 g/mol. The zero-order chi connectivity index (χ0) is 22.8. The summed E-state index contributed by atoms with van der Waals surface area (Å²) in [7, 11) is 3.14. The summed E-state index contributed by atoms with van der Waals surface area (Å²) >= 11 is 0. The van der Waals surface area contributed by atoms with Gasteiger partial charge in [-0.15, -0.1) is 0 Å². The highest BCUT2D eigenvalue weighted by Gasteiger charge is 2.40. The van der Waals surface area contributed by atoms with Crippen LogP contribution in [0, 0.1) is 13.8 Å². The van der Waals surface area contributed by atoms with Crippen LogP contribution in [0.3, 0.4) is 0 Å². The van der Waals surface area contributed by atoms with Gasteiger partial charge >= 0.3 is 0 Å². The van der Waals surface area contributed by atoms with Gasteiger partial charge in [0.05, 0.1) is 31.2 Å². The molecule has 4 rings (SSSR count). The topological polar surface area (TPSA) is 67.9 Å². The van der Waals surface area contributed by atoms with E-state index in [0.717, 1.165) is 11.1 Å². The van der Waals surface area contributed by atoms with Crippen molar-refractivity contribution in [1.82, 2.24) is 0 Å². The molecule has 162 valence electrons. The lowest BCUT2D eigenvalue weighted by Crippen LogP contribution is -2.32. The van der Waals surface area contributed by atoms with E-state index in [1.165, 1.54) is 4.90 Å². The van der Waals surface area contributed by atoms with E-state index in [1.54, 1.807) is 50.6 Å². The standard InChI is InChI=1S/C26H24N2O4/c1-16-5-10-19(11-6-16)28-25(29)23(18-8-12-20(31-3)13-9-18)24(26(28)30)27-21-15-17(2)7-14-22(21)32-4/h5-15,27H,1-4H3. The Balaban J connectivity index is 1.84. The van der Waals surface area contributed by atoms with Gasteiger partial charge in [0.2, 0.25) is 0 Å². The molecular weight excluding hydrogens is 404 g/mol. The first-order valence-corrected chi connectivity index (χ1v) is 10.2. The second-order valence-electron chi connectivity index (χ2n) is 7.59. The second kappa shape index (κ2) is 8.59. The minimum atomic E-state index is -0.423. The molecule has 2 amide bonds. The predicted molar refractivity (Wildman–Crippen MR) is 125 cm³/mol. The number of methoxy groups -OCH3 is 2. The first kappa shape index (κ1) is 21.2. The number of amides is 2. The van der Waals surface area contributed by atoms with Crippen LogP contribution in [0.5, 0.6) is 11.5 Å². The third-order valence-corrected chi connectivity index (χ3v) is 5.37. The number of carbonyl (C=O) groups excluding carboxylic acids is 2. The molecule has 0 unspecified atom stereocenters. The molecule has 1 aliphatic rings. The summed E-state index contributed by atoms with van der Waals surface area (Å²) in [5.41, 5.74) is 4.27. The van der Waals surface area contributed by atoms with Crippen LogP contribution in [0.2, 0.25) is 0 Å². The lowest BCUT2D eigenvalue weighted by molar-refractivity contribution is -0.120. The fraction of sp³-hybridized carbons (Fsp3) is 0.154. The van der Waals surface area contributed by atoms with Crippen molar-refractivity contribution in [3.63, 3.8) is 0 Å². The maximum absolute atomic E-state index is 13.5. The Hall–Kier alpha value is -4.06. The summed E-state index contributed by atoms with van der Waals surface area (Å²) in [6.45, 7) is 3.90. The van der Waals surface area contributed by atoms with Gasteiger partial charge in [-0.05, 0) is 61.4 Å². The van der Waals surface area contributed by atoms with Gasteiger partial charge < -0.3 is 14.8 Å². The third-order valence-electron chi connectivity index (χ3n) is 5.37. The molecule has 0 radical (unpaired) electrons. The number of benzene rings is 3. The molecule has 3 aromatic rings. The van der Waals surface area contributed by atoms with E-state index in [9.17, 15) is 9.59 Å². The Morgan fingerprint density at radius 2 is 1.41 bits per heavy atom. The fourth-order valence-electron chi connectivity index (χ4n) is 3.65. The molecule has 3 aromatic carbocycles. The summed E-state index contributed by atoms with van der Waals surface area (Å²) in [6, 6.07) is 20.0. The Labute approximate surface area is 187 Å². The van der Waals surface area contributed by atoms with Crippen molar-refractivity contribution in [2.24, 2.45) is 0 Å². The quantitative estimate of drug-likeness (QED) is 0.576. The molecule has 0 fully saturated rings. The molecule has 0 bridgehead atoms. The Morgan fingerprint density at radius 3 is 2.03 bits per heavy atom. The van der Waals surface area contributed by atoms with Crippen LogP contribution in [0.1, 0.15) is 16.7 Å². The number of carbonyl (C=O) groups is 2. The van der Waals surface area contributed by atoms with Crippen LogP contribution in [-0.4, -0.2) is 26.0 Å². The molecule has 0 atom stereocenters. The number of imide groups is 1. The highest BCUT2D eigenvalue weighted by molar-refractivity contribution is 6.46. The largest absolute Gasteiger partial charge is 0.497 e. The zero-order valence-electron chi connectivity index (χ0n) is 18.4. The Morgan fingerprint density at radius 1 is 0.750 bits per heavy atom. The molecule has 0 saturated heterocycles. The van der Waals surface area contributed by atoms with Gasteiger partial charge in [-0.1, -0.05) is 35.9 Å². The summed E-state index contributed by atoms with van der Waals surface area (Å²) < 4.78 is 10.7. The Kier molecular flexibility index (Phi) is 5.69. The van der Waals surface area contributed by atoms with Crippen molar-refractivity contribution in [3.8, 4) is 11.5 Å². The molecule has 32 heavy (non-hydrogen) atoms. The van der Waals surface area contributed by atoms with Gasteiger partial charge in [-0.2, -0.15) is 0 Å². The summed E-state index contributed by atoms with van der Waals surface area (Å²) in [5.74, 6) is 0.425. The highest BCUT2D eigenvalue weighted by atomic mass is 16.5. The number of ether oxygens (including phenoxy) is 2. The van der Waals surface area contributed by atoms with Gasteiger partial charge in [0.15, 0.2) is 0 Å². The van der Waals surface area contributed by atoms with Crippen LogP contribution in [0.15, 0.2) is 72.4 Å². The molecule has 0 saturated carbocycles. The zero-order valence-corrected chi connectivity index (χ0v) is 18.4. The number of aryl methyl sites for hydroxylation is 2. The Bertz CT molecular complexity index is 1210. The van der Waals surface area contributed by atoms with Gasteiger partial charge in [0.25, 0.3) is 11.8 Å². The van der Waals surface area contributed by atoms with E-state index in [1.807, 2.05) is 44.2 Å². The molecule has 6 nitrogen and oxygen atoms in total. The number of rotatable bonds is 6. The molecule has 1 heterocycles. The predicted octanol–water partition coefficient (Wildman–Crippen LogP) is 4.72. The molecule has 1 N–H and O–H groups in total. The molecule has 6 heteroatoms. The van der Waals surface area contributed by atoms with E-state index in [-0.39, 0.29) is 5.70 Å². The van der Waals surface area contributed by atoms with Gasteiger partial charge in [-0.25, -0.2) is 4.90 Å². The average molecular weight is 428 g/mol. The lowest BCUT2D eigenvalue weighted by atomic mass is 10.0. The number of hydrogen-bond acceptors (Lipinski definition) is 5. The van der Waals surface area contributed by atoms with E-state index in [0.29, 0.717) is 34.0 Å². The number of nitrogens with zero attached hydrogens (tertiary/aromatic N) is 1. The van der Waals surface area contributed by atoms with Gasteiger partial charge in [0.1, 0.15) is 17.2 Å². The van der Waals surface area contributed by atoms with Crippen molar-refractivity contribution in [1.29, 1.82) is 0 Å². The number of anilines is 2. The van der Waals surface area contributed by atoms with Crippen LogP contribution in [0.25, 0.3) is 5.57 Å². The summed E-state index contributed by atoms with van der Waals surface area (Å²) in [6.07, 6.45) is 0. The minimum absolute atomic E-state index is 0.199. The maximum atomic E-state index is 13.5. The van der Waals surface area contributed by atoms with Crippen LogP contribution in [-0.2, 0) is 9.59 Å². The van der Waals surface area contributed by atoms with Crippen molar-refractivity contribution in [2.45, 2.75) is 13.8 Å². The summed E-state index contributed by atoms with van der Waals surface area (Å²) in [4.78, 5) is 28.2. The second-order valence-corrected chi connectivity index (χ2v) is 7.59. The molecule has 0 aromatic heterocycles. The molecule has 0 aliphatic carbocycles. The molecular formula is C26H24N2O4. The summed E-state index contributed by atoms with van der Waals surface area (Å²) in [5, 5.41) is 3.18. The van der Waals surface area contributed by atoms with Gasteiger partial charge in [0, 0.05) is 0 Å². The van der Waals surface area contributed by atoms with Crippen molar-refractivity contribution < 1.29 is 19.1 Å². The minimum Gasteiger partial charge on any atom is -0.497 e. The highest BCUT2D eigenvalue weighted by Crippen LogP contribution is 2.36. The van der Waals surface area contributed by atoms with Crippen molar-refractivity contribution in [3.05, 3.63) is 89.1 Å². The molecule has 0 spiro atoms. The lowest BCUT2D eigenvalue weighted by Gasteiger charge is -2.16. The van der Waals surface area contributed by atoms with Crippen LogP contribution < -0.4 is 19.7 Å². The average Bonchev–Trinajstić information content (AvgIpc) is 3.04. The number of hydrogen-bond donors (Lipinski definition) is 1. The third kappa shape index (κ3) is 3.83. The van der Waals surface area contributed by atoms with Crippen LogP contribution >= 0.6 is 0 Å². The van der Waals surface area contributed by atoms with E-state index < -0.39 is 11.8 Å². The van der Waals surface area contributed by atoms with Crippen molar-refractivity contribution >= 4 is 28.8 Å². The molecule has 1 aliphatic heterocycles. The maximum Gasteiger partial charge on any atom is 0.282 e.